The van der Waals surface area contributed by atoms with Crippen molar-refractivity contribution >= 4 is 31.3 Å². The summed E-state index contributed by atoms with van der Waals surface area (Å²) in [5.41, 5.74) is 3.46. The maximum Gasteiger partial charge on any atom is 0.164 e. The Morgan fingerprint density at radius 3 is 2.93 bits per heavy atom. The van der Waals surface area contributed by atoms with Gasteiger partial charge < -0.3 is 10.2 Å². The maximum atomic E-state index is 9.25. The Kier molecular flexibility index (Phi) is 4.82. The molecule has 1 unspecified atom stereocenters. The summed E-state index contributed by atoms with van der Waals surface area (Å²) in [5, 5.41) is 13.8. The van der Waals surface area contributed by atoms with E-state index >= 15 is 0 Å². The summed E-state index contributed by atoms with van der Waals surface area (Å²) in [6, 6.07) is 18.7. The molecule has 1 aliphatic rings. The lowest BCUT2D eigenvalue weighted by Gasteiger charge is -2.23. The average Bonchev–Trinajstić information content (AvgIpc) is 3.43. The lowest BCUT2D eigenvalue weighted by molar-refractivity contribution is 0.727. The topological polar surface area (TPSA) is 69.2 Å². The van der Waals surface area contributed by atoms with E-state index < -0.39 is 0 Å². The highest BCUT2D eigenvalue weighted by Gasteiger charge is 2.21. The lowest BCUT2D eigenvalue weighted by Crippen LogP contribution is -2.27. The summed E-state index contributed by atoms with van der Waals surface area (Å²) >= 11 is 0. The van der Waals surface area contributed by atoms with Crippen LogP contribution in [0.15, 0.2) is 60.9 Å². The fourth-order valence-electron chi connectivity index (χ4n) is 3.96. The van der Waals surface area contributed by atoms with Gasteiger partial charge in [0.2, 0.25) is 0 Å². The highest BCUT2D eigenvalue weighted by molar-refractivity contribution is 7.30. The number of anilines is 3. The van der Waals surface area contributed by atoms with Crippen LogP contribution in [0.4, 0.5) is 17.3 Å². The number of nitriles is 1. The molecule has 4 aromatic rings. The molecule has 0 bridgehead atoms. The van der Waals surface area contributed by atoms with Crippen molar-refractivity contribution in [3.05, 3.63) is 66.5 Å². The van der Waals surface area contributed by atoms with Crippen LogP contribution in [-0.2, 0) is 0 Å². The maximum absolute atomic E-state index is 9.25. The Bertz CT molecular complexity index is 1260. The molecule has 5 rings (SSSR count). The lowest BCUT2D eigenvalue weighted by atomic mass is 10.1. The minimum Gasteiger partial charge on any atom is -0.354 e. The molecule has 0 saturated carbocycles. The van der Waals surface area contributed by atoms with Crippen LogP contribution in [0.5, 0.6) is 0 Å². The monoisotopic (exact) mass is 412 g/mol. The predicted octanol–water partition coefficient (Wildman–Crippen LogP) is 5.58. The van der Waals surface area contributed by atoms with Gasteiger partial charge in [0.1, 0.15) is 11.6 Å². The molecule has 7 heteroatoms. The summed E-state index contributed by atoms with van der Waals surface area (Å²) in [4.78, 5) is 11.8. The quantitative estimate of drug-likeness (QED) is 0.474. The number of fused-ring (bicyclic) bond motifs is 1. The second-order valence-electron chi connectivity index (χ2n) is 7.52. The molecule has 4 heterocycles. The summed E-state index contributed by atoms with van der Waals surface area (Å²) in [6.45, 7) is 3.31. The Morgan fingerprint density at radius 2 is 2.10 bits per heavy atom. The molecule has 1 atom stereocenters. The Morgan fingerprint density at radius 1 is 1.20 bits per heavy atom. The Hall–Kier alpha value is -3.42. The fraction of sp³-hybridized carbons (Fsp3) is 0.217. The first-order chi connectivity index (χ1) is 14.7. The van der Waals surface area contributed by atoms with Crippen LogP contribution < -0.4 is 10.2 Å². The van der Waals surface area contributed by atoms with E-state index in [9.17, 15) is 5.26 Å². The van der Waals surface area contributed by atoms with Crippen molar-refractivity contribution in [2.45, 2.75) is 25.8 Å². The van der Waals surface area contributed by atoms with Gasteiger partial charge in [0.15, 0.2) is 5.65 Å². The van der Waals surface area contributed by atoms with Gasteiger partial charge in [-0.15, -0.1) is 0 Å². The number of pyridine rings is 1. The second-order valence-corrected chi connectivity index (χ2v) is 8.63. The summed E-state index contributed by atoms with van der Waals surface area (Å²) in [7, 11) is 1.01. The van der Waals surface area contributed by atoms with E-state index in [1.165, 1.54) is 12.8 Å². The first-order valence-corrected chi connectivity index (χ1v) is 10.9. The molecule has 3 aromatic heterocycles. The van der Waals surface area contributed by atoms with Crippen LogP contribution in [-0.4, -0.2) is 26.7 Å². The minimum absolute atomic E-state index is 0.520. The number of hydrogen-bond acceptors (Lipinski definition) is 5. The molecular formula is C23H21N6P. The third-order valence-electron chi connectivity index (χ3n) is 5.49. The normalized spacial score (nSPS) is 16.3. The second kappa shape index (κ2) is 7.78. The van der Waals surface area contributed by atoms with Crippen LogP contribution >= 0.6 is 8.35 Å². The molecule has 0 spiro atoms. The van der Waals surface area contributed by atoms with E-state index in [-0.39, 0.29) is 0 Å². The zero-order valence-electron chi connectivity index (χ0n) is 16.7. The SMILES string of the molecule is CC1CCCN1c1cccc(Nc2cc(-c3cccc(C#N)c3)pn3ccnc23)n1. The highest BCUT2D eigenvalue weighted by Crippen LogP contribution is 2.35. The van der Waals surface area contributed by atoms with E-state index in [1.54, 1.807) is 0 Å². The van der Waals surface area contributed by atoms with Gasteiger partial charge >= 0.3 is 0 Å². The summed E-state index contributed by atoms with van der Waals surface area (Å²) < 4.78 is 2.09. The molecule has 1 N–H and O–H groups in total. The zero-order valence-corrected chi connectivity index (χ0v) is 17.5. The van der Waals surface area contributed by atoms with Gasteiger partial charge in [-0.05, 0) is 55.7 Å². The van der Waals surface area contributed by atoms with Gasteiger partial charge in [-0.25, -0.2) is 9.97 Å². The fourth-order valence-corrected chi connectivity index (χ4v) is 5.02. The van der Waals surface area contributed by atoms with Crippen LogP contribution in [0.1, 0.15) is 25.3 Å². The molecule has 0 aliphatic carbocycles. The number of imidazole rings is 1. The summed E-state index contributed by atoms with van der Waals surface area (Å²) in [6.07, 6.45) is 6.20. The van der Waals surface area contributed by atoms with Crippen molar-refractivity contribution in [3.8, 4) is 16.9 Å². The van der Waals surface area contributed by atoms with Gasteiger partial charge in [-0.1, -0.05) is 18.2 Å². The van der Waals surface area contributed by atoms with Crippen molar-refractivity contribution in [3.63, 3.8) is 0 Å². The van der Waals surface area contributed by atoms with Crippen molar-refractivity contribution in [2.24, 2.45) is 0 Å². The van der Waals surface area contributed by atoms with E-state index in [0.717, 1.165) is 48.7 Å². The number of aromatic nitrogens is 3. The molecule has 1 saturated heterocycles. The third-order valence-corrected chi connectivity index (χ3v) is 6.63. The van der Waals surface area contributed by atoms with E-state index in [0.29, 0.717) is 11.6 Å². The highest BCUT2D eigenvalue weighted by atomic mass is 31.0. The molecule has 0 radical (unpaired) electrons. The smallest absolute Gasteiger partial charge is 0.164 e. The first-order valence-electron chi connectivity index (χ1n) is 10.1. The van der Waals surface area contributed by atoms with Crippen LogP contribution in [0.2, 0.25) is 0 Å². The molecular weight excluding hydrogens is 391 g/mol. The van der Waals surface area contributed by atoms with E-state index in [4.69, 9.17) is 4.98 Å². The van der Waals surface area contributed by atoms with Crippen molar-refractivity contribution < 1.29 is 0 Å². The van der Waals surface area contributed by atoms with Gasteiger partial charge in [0.05, 0.1) is 17.3 Å². The van der Waals surface area contributed by atoms with Gasteiger partial charge in [0.25, 0.3) is 0 Å². The third kappa shape index (κ3) is 3.49. The number of rotatable bonds is 4. The molecule has 1 aliphatic heterocycles. The average molecular weight is 412 g/mol. The van der Waals surface area contributed by atoms with Crippen LogP contribution in [0, 0.1) is 11.3 Å². The van der Waals surface area contributed by atoms with Gasteiger partial charge in [-0.3, -0.25) is 4.16 Å². The molecule has 148 valence electrons. The standard InChI is InChI=1S/C23H21N6P/c1-16-5-4-11-28(16)22-9-3-8-21(27-22)26-19-14-20(30-29-12-10-25-23(19)29)18-7-2-6-17(13-18)15-24/h2-3,6-10,12-14,16H,4-5,11H2,1H3,(H,26,27). The number of nitrogens with one attached hydrogen (secondary N) is 1. The molecule has 1 aromatic carbocycles. The van der Waals surface area contributed by atoms with E-state index in [2.05, 4.69) is 44.5 Å². The van der Waals surface area contributed by atoms with Crippen LogP contribution in [0.3, 0.4) is 0 Å². The van der Waals surface area contributed by atoms with Gasteiger partial charge in [0, 0.05) is 38.6 Å². The minimum atomic E-state index is 0.520. The summed E-state index contributed by atoms with van der Waals surface area (Å²) in [5.74, 6) is 1.81. The molecule has 6 nitrogen and oxygen atoms in total. The molecule has 1 fully saturated rings. The van der Waals surface area contributed by atoms with Gasteiger partial charge in [-0.2, -0.15) is 5.26 Å². The van der Waals surface area contributed by atoms with E-state index in [1.807, 2.05) is 48.8 Å². The Balaban J connectivity index is 1.53. The zero-order chi connectivity index (χ0) is 20.5. The van der Waals surface area contributed by atoms with Crippen molar-refractivity contribution in [2.75, 3.05) is 16.8 Å². The van der Waals surface area contributed by atoms with Crippen molar-refractivity contribution in [1.29, 1.82) is 5.26 Å². The molecule has 30 heavy (non-hydrogen) atoms. The largest absolute Gasteiger partial charge is 0.354 e. The number of hydrogen-bond donors (Lipinski definition) is 1. The number of benzene rings is 1. The Labute approximate surface area is 177 Å². The van der Waals surface area contributed by atoms with Crippen molar-refractivity contribution in [1.82, 2.24) is 14.1 Å². The predicted molar refractivity (Wildman–Crippen MR) is 121 cm³/mol. The first kappa shape index (κ1) is 18.6. The molecule has 0 amide bonds. The van der Waals surface area contributed by atoms with Crippen LogP contribution in [0.25, 0.3) is 16.5 Å². The number of nitrogens with zero attached hydrogens (tertiary/aromatic N) is 5.